The van der Waals surface area contributed by atoms with E-state index in [9.17, 15) is 0 Å². The maximum atomic E-state index is 2.88. The van der Waals surface area contributed by atoms with Gasteiger partial charge in [-0.15, -0.1) is 0 Å². The Kier molecular flexibility index (Phi) is 6.52. The second-order valence-electron chi connectivity index (χ2n) is 10.8. The molecular weight excluding hydrogens is 426 g/mol. The van der Waals surface area contributed by atoms with E-state index in [0.29, 0.717) is 6.04 Å². The Balaban J connectivity index is 1.19. The summed E-state index contributed by atoms with van der Waals surface area (Å²) in [6, 6.07) is 32.0. The highest BCUT2D eigenvalue weighted by Gasteiger charge is 2.41. The van der Waals surface area contributed by atoms with E-state index >= 15 is 0 Å². The molecule has 35 heavy (non-hydrogen) atoms. The molecule has 2 heterocycles. The standard InChI is InChI=1S/C32H39N3/c1-2-12-22-32(21-11-1,28-15-7-4-8-16-28)34-23-19-29(20-24-34)35-26-33(25-27-13-5-3-6-14-27)30-17-9-10-18-31(30)35/h3-10,13-18,29H,1-2,11-12,19-26H2. The average Bonchev–Trinajstić information content (AvgIpc) is 3.10. The van der Waals surface area contributed by atoms with E-state index in [-0.39, 0.29) is 5.54 Å². The fourth-order valence-electron chi connectivity index (χ4n) is 7.02. The van der Waals surface area contributed by atoms with Gasteiger partial charge in [0.15, 0.2) is 0 Å². The van der Waals surface area contributed by atoms with Crippen molar-refractivity contribution in [3.8, 4) is 0 Å². The number of rotatable bonds is 5. The van der Waals surface area contributed by atoms with Crippen LogP contribution in [0.15, 0.2) is 84.9 Å². The van der Waals surface area contributed by atoms with E-state index in [2.05, 4.69) is 99.6 Å². The zero-order chi connectivity index (χ0) is 23.5. The van der Waals surface area contributed by atoms with E-state index in [0.717, 1.165) is 13.2 Å². The molecule has 3 aromatic carbocycles. The number of piperidine rings is 1. The lowest BCUT2D eigenvalue weighted by atomic mass is 9.79. The van der Waals surface area contributed by atoms with Crippen molar-refractivity contribution < 1.29 is 0 Å². The molecule has 6 rings (SSSR count). The van der Waals surface area contributed by atoms with Crippen LogP contribution >= 0.6 is 0 Å². The first-order valence-electron chi connectivity index (χ1n) is 13.8. The van der Waals surface area contributed by atoms with Gasteiger partial charge in [-0.3, -0.25) is 4.90 Å². The number of para-hydroxylation sites is 2. The average molecular weight is 466 g/mol. The van der Waals surface area contributed by atoms with Crippen molar-refractivity contribution in [2.75, 3.05) is 29.6 Å². The van der Waals surface area contributed by atoms with Crippen molar-refractivity contribution in [3.05, 3.63) is 96.1 Å². The molecule has 182 valence electrons. The van der Waals surface area contributed by atoms with Crippen molar-refractivity contribution in [3.63, 3.8) is 0 Å². The van der Waals surface area contributed by atoms with E-state index in [4.69, 9.17) is 0 Å². The number of benzene rings is 3. The van der Waals surface area contributed by atoms with E-state index in [1.54, 1.807) is 5.56 Å². The Morgan fingerprint density at radius 3 is 1.94 bits per heavy atom. The summed E-state index contributed by atoms with van der Waals surface area (Å²) < 4.78 is 0. The van der Waals surface area contributed by atoms with Gasteiger partial charge in [0, 0.05) is 31.2 Å². The maximum Gasteiger partial charge on any atom is 0.0910 e. The van der Waals surface area contributed by atoms with Gasteiger partial charge in [0.05, 0.1) is 18.0 Å². The molecule has 2 aliphatic heterocycles. The second kappa shape index (κ2) is 10.1. The monoisotopic (exact) mass is 465 g/mol. The van der Waals surface area contributed by atoms with Gasteiger partial charge in [0.1, 0.15) is 0 Å². The highest BCUT2D eigenvalue weighted by Crippen LogP contribution is 2.44. The molecule has 0 aromatic heterocycles. The minimum atomic E-state index is 0.241. The minimum Gasteiger partial charge on any atom is -0.349 e. The van der Waals surface area contributed by atoms with Crippen LogP contribution in [0.1, 0.15) is 62.5 Å². The number of fused-ring (bicyclic) bond motifs is 1. The molecule has 2 fully saturated rings. The summed E-state index contributed by atoms with van der Waals surface area (Å²) in [4.78, 5) is 8.15. The SMILES string of the molecule is c1ccc(CN2CN(C3CCN(C4(c5ccccc5)CCCCCC4)CC3)c3ccccc32)cc1. The summed E-state index contributed by atoms with van der Waals surface area (Å²) in [5.74, 6) is 0. The van der Waals surface area contributed by atoms with Crippen LogP contribution < -0.4 is 9.80 Å². The van der Waals surface area contributed by atoms with Crippen LogP contribution in [0.25, 0.3) is 0 Å². The highest BCUT2D eigenvalue weighted by molar-refractivity contribution is 5.76. The van der Waals surface area contributed by atoms with E-state index in [1.165, 1.54) is 81.4 Å². The molecule has 1 saturated heterocycles. The third kappa shape index (κ3) is 4.47. The maximum absolute atomic E-state index is 2.88. The predicted molar refractivity (Wildman–Crippen MR) is 147 cm³/mol. The molecule has 0 radical (unpaired) electrons. The number of anilines is 2. The molecule has 1 saturated carbocycles. The molecule has 0 spiro atoms. The van der Waals surface area contributed by atoms with Crippen LogP contribution in [-0.2, 0) is 12.1 Å². The lowest BCUT2D eigenvalue weighted by Crippen LogP contribution is -2.53. The molecule has 3 aromatic rings. The van der Waals surface area contributed by atoms with Crippen LogP contribution in [0, 0.1) is 0 Å². The van der Waals surface area contributed by atoms with Crippen molar-refractivity contribution in [1.82, 2.24) is 4.90 Å². The quantitative estimate of drug-likeness (QED) is 0.369. The molecule has 1 aliphatic carbocycles. The van der Waals surface area contributed by atoms with Gasteiger partial charge in [-0.1, -0.05) is 98.5 Å². The lowest BCUT2D eigenvalue weighted by molar-refractivity contribution is 0.0433. The van der Waals surface area contributed by atoms with Gasteiger partial charge in [0.25, 0.3) is 0 Å². The normalized spacial score (nSPS) is 21.0. The molecule has 3 heteroatoms. The molecule has 0 unspecified atom stereocenters. The van der Waals surface area contributed by atoms with E-state index < -0.39 is 0 Å². The first-order chi connectivity index (χ1) is 17.3. The highest BCUT2D eigenvalue weighted by atomic mass is 15.4. The first kappa shape index (κ1) is 22.7. The fraction of sp³-hybridized carbons (Fsp3) is 0.438. The summed E-state index contributed by atoms with van der Waals surface area (Å²) >= 11 is 0. The van der Waals surface area contributed by atoms with Gasteiger partial charge < -0.3 is 9.80 Å². The Bertz CT molecular complexity index is 1080. The smallest absolute Gasteiger partial charge is 0.0910 e. The predicted octanol–water partition coefficient (Wildman–Crippen LogP) is 7.18. The van der Waals surface area contributed by atoms with Gasteiger partial charge in [-0.2, -0.15) is 0 Å². The van der Waals surface area contributed by atoms with Gasteiger partial charge in [-0.05, 0) is 48.9 Å². The van der Waals surface area contributed by atoms with Crippen molar-refractivity contribution >= 4 is 11.4 Å². The Hall–Kier alpha value is -2.78. The molecule has 3 aliphatic rings. The van der Waals surface area contributed by atoms with Crippen molar-refractivity contribution in [1.29, 1.82) is 0 Å². The molecule has 0 N–H and O–H groups in total. The lowest BCUT2D eigenvalue weighted by Gasteiger charge is -2.49. The number of hydrogen-bond donors (Lipinski definition) is 0. The third-order valence-electron chi connectivity index (χ3n) is 8.82. The molecule has 0 bridgehead atoms. The molecule has 0 atom stereocenters. The van der Waals surface area contributed by atoms with Gasteiger partial charge in [-0.25, -0.2) is 0 Å². The van der Waals surface area contributed by atoms with Gasteiger partial charge in [0.2, 0.25) is 0 Å². The largest absolute Gasteiger partial charge is 0.349 e. The summed E-state index contributed by atoms with van der Waals surface area (Å²) in [5, 5.41) is 0. The zero-order valence-electron chi connectivity index (χ0n) is 21.0. The summed E-state index contributed by atoms with van der Waals surface area (Å²) in [7, 11) is 0. The van der Waals surface area contributed by atoms with Crippen molar-refractivity contribution in [2.24, 2.45) is 0 Å². The van der Waals surface area contributed by atoms with Gasteiger partial charge >= 0.3 is 0 Å². The van der Waals surface area contributed by atoms with Crippen molar-refractivity contribution in [2.45, 2.75) is 69.5 Å². The first-order valence-corrected chi connectivity index (χ1v) is 13.8. The molecular formula is C32H39N3. The van der Waals surface area contributed by atoms with Crippen LogP contribution in [0.5, 0.6) is 0 Å². The number of hydrogen-bond acceptors (Lipinski definition) is 3. The summed E-state index contributed by atoms with van der Waals surface area (Å²) in [6.45, 7) is 4.39. The summed E-state index contributed by atoms with van der Waals surface area (Å²) in [5.41, 5.74) is 6.00. The van der Waals surface area contributed by atoms with Crippen LogP contribution in [-0.4, -0.2) is 30.7 Å². The number of likely N-dealkylation sites (tertiary alicyclic amines) is 1. The Labute approximate surface area is 211 Å². The third-order valence-corrected chi connectivity index (χ3v) is 8.82. The zero-order valence-corrected chi connectivity index (χ0v) is 21.0. The van der Waals surface area contributed by atoms with E-state index in [1.807, 2.05) is 0 Å². The Morgan fingerprint density at radius 2 is 1.26 bits per heavy atom. The topological polar surface area (TPSA) is 9.72 Å². The molecule has 0 amide bonds. The van der Waals surface area contributed by atoms with Crippen LogP contribution in [0.3, 0.4) is 0 Å². The second-order valence-corrected chi connectivity index (χ2v) is 10.8. The fourth-order valence-corrected chi connectivity index (χ4v) is 7.02. The minimum absolute atomic E-state index is 0.241. The van der Waals surface area contributed by atoms with Crippen LogP contribution in [0.2, 0.25) is 0 Å². The number of nitrogens with zero attached hydrogens (tertiary/aromatic N) is 3. The molecule has 3 nitrogen and oxygen atoms in total. The van der Waals surface area contributed by atoms with Crippen LogP contribution in [0.4, 0.5) is 11.4 Å². The summed E-state index contributed by atoms with van der Waals surface area (Å²) in [6.07, 6.45) is 10.7. The Morgan fingerprint density at radius 1 is 0.657 bits per heavy atom.